The van der Waals surface area contributed by atoms with Crippen LogP contribution in [0.2, 0.25) is 0 Å². The van der Waals surface area contributed by atoms with E-state index < -0.39 is 5.54 Å². The number of fused-ring (bicyclic) bond motifs is 3. The van der Waals surface area contributed by atoms with Gasteiger partial charge in [0.15, 0.2) is 11.4 Å². The number of carbonyl (C=O) groups is 1. The lowest BCUT2D eigenvalue weighted by molar-refractivity contribution is -0.131. The first-order valence-corrected chi connectivity index (χ1v) is 9.78. The smallest absolute Gasteiger partial charge is 0.256 e. The molecule has 2 saturated carbocycles. The molecule has 3 fully saturated rings. The Hall–Kier alpha value is -2.03. The molecular formula is C22H26N2O2. The van der Waals surface area contributed by atoms with Crippen molar-refractivity contribution < 1.29 is 9.53 Å². The van der Waals surface area contributed by atoms with Crippen molar-refractivity contribution in [3.05, 3.63) is 53.0 Å². The summed E-state index contributed by atoms with van der Waals surface area (Å²) >= 11 is 0. The van der Waals surface area contributed by atoms with Crippen molar-refractivity contribution in [1.82, 2.24) is 10.6 Å². The predicted octanol–water partition coefficient (Wildman–Crippen LogP) is 3.24. The standard InChI is InChI=1S/C22H26N2O2/c1-3-19-23-20(25)22(24-19)18-12-15(14-4-5-14)6-7-16(18)13-21(22)10-8-17(26-2)9-11-21/h6-7,12,14,17,24H,1,4-5,8-11,13H2,2H3,(H,23,25). The monoisotopic (exact) mass is 350 g/mol. The van der Waals surface area contributed by atoms with Crippen molar-refractivity contribution in [2.24, 2.45) is 5.41 Å². The van der Waals surface area contributed by atoms with E-state index in [9.17, 15) is 4.79 Å². The van der Waals surface area contributed by atoms with Gasteiger partial charge in [-0.3, -0.25) is 4.79 Å². The van der Waals surface area contributed by atoms with Crippen LogP contribution in [-0.2, 0) is 21.5 Å². The molecule has 26 heavy (non-hydrogen) atoms. The van der Waals surface area contributed by atoms with E-state index in [1.165, 1.54) is 29.5 Å². The minimum absolute atomic E-state index is 0.0613. The van der Waals surface area contributed by atoms with E-state index in [0.29, 0.717) is 17.8 Å². The van der Waals surface area contributed by atoms with Gasteiger partial charge in [-0.15, -0.1) is 0 Å². The zero-order valence-electron chi connectivity index (χ0n) is 15.4. The van der Waals surface area contributed by atoms with Crippen LogP contribution in [0.15, 0.2) is 36.3 Å². The molecule has 4 aliphatic rings. The van der Waals surface area contributed by atoms with Crippen molar-refractivity contribution >= 4 is 5.91 Å². The zero-order chi connectivity index (χ0) is 17.9. The molecule has 2 N–H and O–H groups in total. The lowest BCUT2D eigenvalue weighted by atomic mass is 9.61. The van der Waals surface area contributed by atoms with E-state index >= 15 is 0 Å². The molecule has 1 aliphatic heterocycles. The summed E-state index contributed by atoms with van der Waals surface area (Å²) in [5, 5.41) is 6.54. The molecule has 4 nitrogen and oxygen atoms in total. The third kappa shape index (κ3) is 2.03. The Labute approximate surface area is 154 Å². The molecule has 2 spiro atoms. The Balaban J connectivity index is 1.65. The highest BCUT2D eigenvalue weighted by atomic mass is 16.5. The fourth-order valence-electron chi connectivity index (χ4n) is 5.62. The quantitative estimate of drug-likeness (QED) is 0.805. The summed E-state index contributed by atoms with van der Waals surface area (Å²) in [4.78, 5) is 13.4. The van der Waals surface area contributed by atoms with Crippen LogP contribution in [0.3, 0.4) is 0 Å². The number of hydrogen-bond acceptors (Lipinski definition) is 3. The number of ether oxygens (including phenoxy) is 1. The predicted molar refractivity (Wildman–Crippen MR) is 99.4 cm³/mol. The van der Waals surface area contributed by atoms with Crippen LogP contribution in [-0.4, -0.2) is 19.1 Å². The second kappa shape index (κ2) is 5.48. The van der Waals surface area contributed by atoms with Gasteiger partial charge >= 0.3 is 0 Å². The van der Waals surface area contributed by atoms with Crippen LogP contribution in [0.25, 0.3) is 0 Å². The molecular weight excluding hydrogens is 324 g/mol. The Morgan fingerprint density at radius 2 is 2.00 bits per heavy atom. The van der Waals surface area contributed by atoms with E-state index in [1.807, 2.05) is 0 Å². The maximum Gasteiger partial charge on any atom is 0.256 e. The summed E-state index contributed by atoms with van der Waals surface area (Å²) in [6.45, 7) is 3.74. The number of amides is 1. The number of rotatable bonds is 2. The fraction of sp³-hybridized carbons (Fsp3) is 0.545. The van der Waals surface area contributed by atoms with Gasteiger partial charge in [0.2, 0.25) is 0 Å². The molecule has 1 unspecified atom stereocenters. The Morgan fingerprint density at radius 1 is 1.23 bits per heavy atom. The summed E-state index contributed by atoms with van der Waals surface area (Å²) < 4.78 is 5.60. The van der Waals surface area contributed by atoms with Gasteiger partial charge in [-0.2, -0.15) is 0 Å². The largest absolute Gasteiger partial charge is 0.381 e. The van der Waals surface area contributed by atoms with Gasteiger partial charge in [0.25, 0.3) is 5.91 Å². The van der Waals surface area contributed by atoms with E-state index in [4.69, 9.17) is 4.74 Å². The van der Waals surface area contributed by atoms with Crippen molar-refractivity contribution in [2.45, 2.75) is 62.5 Å². The maximum absolute atomic E-state index is 13.4. The Morgan fingerprint density at radius 3 is 2.62 bits per heavy atom. The summed E-state index contributed by atoms with van der Waals surface area (Å²) in [6.07, 6.45) is 7.78. The van der Waals surface area contributed by atoms with E-state index in [-0.39, 0.29) is 11.3 Å². The molecule has 0 radical (unpaired) electrons. The third-order valence-corrected chi connectivity index (χ3v) is 7.20. The van der Waals surface area contributed by atoms with Gasteiger partial charge in [0.05, 0.1) is 6.10 Å². The summed E-state index contributed by atoms with van der Waals surface area (Å²) in [6, 6.07) is 6.86. The van der Waals surface area contributed by atoms with E-state index in [2.05, 4.69) is 41.1 Å². The molecule has 136 valence electrons. The molecule has 3 aliphatic carbocycles. The van der Waals surface area contributed by atoms with Gasteiger partial charge < -0.3 is 15.4 Å². The minimum Gasteiger partial charge on any atom is -0.381 e. The molecule has 5 rings (SSSR count). The fourth-order valence-corrected chi connectivity index (χ4v) is 5.62. The normalized spacial score (nSPS) is 35.3. The second-order valence-electron chi connectivity index (χ2n) is 8.46. The average molecular weight is 350 g/mol. The number of carbonyl (C=O) groups excluding carboxylic acids is 1. The first-order valence-electron chi connectivity index (χ1n) is 9.78. The average Bonchev–Trinajstić information content (AvgIpc) is 3.41. The molecule has 1 amide bonds. The summed E-state index contributed by atoms with van der Waals surface area (Å²) in [7, 11) is 1.79. The van der Waals surface area contributed by atoms with Crippen LogP contribution in [0.1, 0.15) is 61.1 Å². The third-order valence-electron chi connectivity index (χ3n) is 7.20. The van der Waals surface area contributed by atoms with Gasteiger partial charge in [-0.1, -0.05) is 30.5 Å². The highest BCUT2D eigenvalue weighted by Gasteiger charge is 2.65. The first-order chi connectivity index (χ1) is 12.6. The van der Waals surface area contributed by atoms with Crippen molar-refractivity contribution in [3.8, 4) is 0 Å². The molecule has 1 aromatic rings. The second-order valence-corrected chi connectivity index (χ2v) is 8.46. The Bertz CT molecular complexity index is 827. The lowest BCUT2D eigenvalue weighted by Gasteiger charge is -2.46. The SMILES string of the molecule is C=C=C1NC(=O)C2(N1)c1cc(C3CC3)ccc1CC21CCC(OC)CC1. The highest BCUT2D eigenvalue weighted by molar-refractivity contribution is 5.94. The van der Waals surface area contributed by atoms with E-state index in [0.717, 1.165) is 32.1 Å². The first kappa shape index (κ1) is 16.2. The summed E-state index contributed by atoms with van der Waals surface area (Å²) in [5.74, 6) is 1.36. The number of methoxy groups -OCH3 is 1. The number of hydrogen-bond donors (Lipinski definition) is 2. The molecule has 1 heterocycles. The lowest BCUT2D eigenvalue weighted by Crippen LogP contribution is -2.56. The van der Waals surface area contributed by atoms with Gasteiger partial charge in [-0.05, 0) is 67.6 Å². The molecule has 4 heteroatoms. The number of nitrogens with one attached hydrogen (secondary N) is 2. The van der Waals surface area contributed by atoms with Crippen molar-refractivity contribution in [1.29, 1.82) is 0 Å². The molecule has 0 bridgehead atoms. The Kier molecular flexibility index (Phi) is 3.41. The van der Waals surface area contributed by atoms with Gasteiger partial charge in [0, 0.05) is 12.5 Å². The number of benzene rings is 1. The molecule has 1 atom stereocenters. The topological polar surface area (TPSA) is 50.4 Å². The van der Waals surface area contributed by atoms with E-state index in [1.54, 1.807) is 7.11 Å². The maximum atomic E-state index is 13.4. The van der Waals surface area contributed by atoms with Crippen molar-refractivity contribution in [2.75, 3.05) is 7.11 Å². The van der Waals surface area contributed by atoms with Gasteiger partial charge in [0.1, 0.15) is 0 Å². The highest BCUT2D eigenvalue weighted by Crippen LogP contribution is 2.60. The summed E-state index contributed by atoms with van der Waals surface area (Å²) in [5.41, 5.74) is 5.96. The van der Waals surface area contributed by atoms with Crippen LogP contribution >= 0.6 is 0 Å². The molecule has 1 aromatic carbocycles. The van der Waals surface area contributed by atoms with Gasteiger partial charge in [-0.25, -0.2) is 0 Å². The van der Waals surface area contributed by atoms with Crippen LogP contribution in [0, 0.1) is 5.41 Å². The van der Waals surface area contributed by atoms with Crippen LogP contribution in [0.4, 0.5) is 0 Å². The minimum atomic E-state index is -0.689. The molecule has 1 saturated heterocycles. The van der Waals surface area contributed by atoms with Crippen molar-refractivity contribution in [3.63, 3.8) is 0 Å². The zero-order valence-corrected chi connectivity index (χ0v) is 15.4. The molecule has 0 aromatic heterocycles. The van der Waals surface area contributed by atoms with Crippen LogP contribution < -0.4 is 10.6 Å². The van der Waals surface area contributed by atoms with Crippen LogP contribution in [0.5, 0.6) is 0 Å².